The van der Waals surface area contributed by atoms with E-state index >= 15 is 0 Å². The number of unbranched alkanes of at least 4 members (excludes halogenated alkanes) is 2. The van der Waals surface area contributed by atoms with Gasteiger partial charge in [0.05, 0.1) is 25.3 Å². The van der Waals surface area contributed by atoms with Crippen molar-refractivity contribution in [2.45, 2.75) is 45.6 Å². The number of carbonyl (C=O) groups excluding carboxylic acids is 2. The SMILES string of the molecule is CCOC(=O)C1=C(C)N(CCCCCC(=O)OC)C(=S)N[C@H]1c1cccs1. The van der Waals surface area contributed by atoms with Gasteiger partial charge < -0.3 is 19.7 Å². The minimum Gasteiger partial charge on any atom is -0.469 e. The molecule has 0 aromatic carbocycles. The third-order valence-electron chi connectivity index (χ3n) is 4.41. The number of nitrogens with one attached hydrogen (secondary N) is 1. The molecule has 2 heterocycles. The number of carbonyl (C=O) groups is 2. The Hall–Kier alpha value is -1.93. The first kappa shape index (κ1) is 21.4. The minimum absolute atomic E-state index is 0.190. The molecule has 0 saturated heterocycles. The van der Waals surface area contributed by atoms with Gasteiger partial charge >= 0.3 is 11.9 Å². The number of nitrogens with zero attached hydrogens (tertiary/aromatic N) is 1. The van der Waals surface area contributed by atoms with Gasteiger partial charge in [0.15, 0.2) is 5.11 Å². The van der Waals surface area contributed by atoms with Crippen molar-refractivity contribution in [3.8, 4) is 0 Å². The predicted octanol–water partition coefficient (Wildman–Crippen LogP) is 3.55. The molecule has 0 aliphatic carbocycles. The Bertz CT molecular complexity index is 701. The highest BCUT2D eigenvalue weighted by molar-refractivity contribution is 7.80. The van der Waals surface area contributed by atoms with Crippen molar-refractivity contribution < 1.29 is 19.1 Å². The van der Waals surface area contributed by atoms with Gasteiger partial charge in [-0.25, -0.2) is 4.79 Å². The van der Waals surface area contributed by atoms with Crippen LogP contribution in [0.3, 0.4) is 0 Å². The fourth-order valence-electron chi connectivity index (χ4n) is 3.01. The highest BCUT2D eigenvalue weighted by atomic mass is 32.1. The van der Waals surface area contributed by atoms with Gasteiger partial charge in [-0.1, -0.05) is 12.5 Å². The van der Waals surface area contributed by atoms with Crippen molar-refractivity contribution >= 4 is 40.6 Å². The van der Waals surface area contributed by atoms with E-state index in [4.69, 9.17) is 17.0 Å². The summed E-state index contributed by atoms with van der Waals surface area (Å²) in [5.41, 5.74) is 1.42. The zero-order chi connectivity index (χ0) is 19.8. The second kappa shape index (κ2) is 10.4. The first-order valence-electron chi connectivity index (χ1n) is 9.05. The number of hydrogen-bond acceptors (Lipinski definition) is 6. The quantitative estimate of drug-likeness (QED) is 0.379. The molecular formula is C19H26N2O4S2. The normalized spacial score (nSPS) is 16.9. The Balaban J connectivity index is 2.12. The summed E-state index contributed by atoms with van der Waals surface area (Å²) >= 11 is 7.13. The molecule has 0 fully saturated rings. The largest absolute Gasteiger partial charge is 0.469 e. The lowest BCUT2D eigenvalue weighted by Gasteiger charge is -2.37. The maximum Gasteiger partial charge on any atom is 0.338 e. The first-order valence-corrected chi connectivity index (χ1v) is 10.3. The summed E-state index contributed by atoms with van der Waals surface area (Å²) in [7, 11) is 1.40. The van der Waals surface area contributed by atoms with Crippen LogP contribution in [0.2, 0.25) is 0 Å². The van der Waals surface area contributed by atoms with Gasteiger partial charge in [-0.2, -0.15) is 0 Å². The summed E-state index contributed by atoms with van der Waals surface area (Å²) in [5, 5.41) is 5.87. The van der Waals surface area contributed by atoms with Crippen molar-refractivity contribution in [2.24, 2.45) is 0 Å². The molecule has 1 aliphatic rings. The number of hydrogen-bond donors (Lipinski definition) is 1. The Morgan fingerprint density at radius 2 is 2.11 bits per heavy atom. The zero-order valence-corrected chi connectivity index (χ0v) is 17.6. The van der Waals surface area contributed by atoms with Crippen LogP contribution >= 0.6 is 23.6 Å². The Labute approximate surface area is 169 Å². The molecule has 0 spiro atoms. The van der Waals surface area contributed by atoms with Crippen LogP contribution in [0.1, 0.15) is 50.4 Å². The van der Waals surface area contributed by atoms with Gasteiger partial charge in [-0.3, -0.25) is 4.79 Å². The van der Waals surface area contributed by atoms with Crippen molar-refractivity contribution in [1.82, 2.24) is 10.2 Å². The predicted molar refractivity (Wildman–Crippen MR) is 109 cm³/mol. The molecular weight excluding hydrogens is 384 g/mol. The molecule has 0 radical (unpaired) electrons. The second-order valence-electron chi connectivity index (χ2n) is 6.16. The van der Waals surface area contributed by atoms with Crippen molar-refractivity contribution in [1.29, 1.82) is 0 Å². The van der Waals surface area contributed by atoms with Crippen LogP contribution in [0.5, 0.6) is 0 Å². The lowest BCUT2D eigenvalue weighted by molar-refractivity contribution is -0.141. The number of rotatable bonds is 9. The molecule has 0 amide bonds. The molecule has 0 unspecified atom stereocenters. The lowest BCUT2D eigenvalue weighted by atomic mass is 10.0. The second-order valence-corrected chi connectivity index (χ2v) is 7.52. The summed E-state index contributed by atoms with van der Waals surface area (Å²) in [5.74, 6) is -0.510. The van der Waals surface area contributed by atoms with Gasteiger partial charge in [-0.05, 0) is 50.4 Å². The highest BCUT2D eigenvalue weighted by Crippen LogP contribution is 2.33. The van der Waals surface area contributed by atoms with Crippen LogP contribution in [0.4, 0.5) is 0 Å². The molecule has 6 nitrogen and oxygen atoms in total. The molecule has 1 atom stereocenters. The van der Waals surface area contributed by atoms with E-state index < -0.39 is 0 Å². The van der Waals surface area contributed by atoms with Gasteiger partial charge in [0.25, 0.3) is 0 Å². The van der Waals surface area contributed by atoms with E-state index in [2.05, 4.69) is 10.1 Å². The smallest absolute Gasteiger partial charge is 0.338 e. The summed E-state index contributed by atoms with van der Waals surface area (Å²) in [4.78, 5) is 26.8. The maximum atomic E-state index is 12.6. The number of thiophene rings is 1. The summed E-state index contributed by atoms with van der Waals surface area (Å²) in [6.45, 7) is 4.71. The Morgan fingerprint density at radius 1 is 1.33 bits per heavy atom. The Kier molecular flexibility index (Phi) is 8.24. The van der Waals surface area contributed by atoms with Crippen molar-refractivity contribution in [3.63, 3.8) is 0 Å². The minimum atomic E-state index is -0.320. The summed E-state index contributed by atoms with van der Waals surface area (Å²) in [6.07, 6.45) is 2.93. The number of ether oxygens (including phenoxy) is 2. The Morgan fingerprint density at radius 3 is 2.74 bits per heavy atom. The molecule has 1 aliphatic heterocycles. The third kappa shape index (κ3) is 5.52. The molecule has 27 heavy (non-hydrogen) atoms. The molecule has 0 bridgehead atoms. The summed E-state index contributed by atoms with van der Waals surface area (Å²) < 4.78 is 9.95. The van der Waals surface area contributed by atoms with Crippen LogP contribution in [0, 0.1) is 0 Å². The van der Waals surface area contributed by atoms with E-state index in [9.17, 15) is 9.59 Å². The molecule has 0 saturated carbocycles. The van der Waals surface area contributed by atoms with E-state index in [1.54, 1.807) is 18.3 Å². The molecule has 8 heteroatoms. The van der Waals surface area contributed by atoms with Crippen LogP contribution in [0.25, 0.3) is 0 Å². The molecule has 1 aromatic heterocycles. The van der Waals surface area contributed by atoms with Crippen molar-refractivity contribution in [2.75, 3.05) is 20.3 Å². The average Bonchev–Trinajstić information content (AvgIpc) is 3.17. The molecule has 148 valence electrons. The lowest BCUT2D eigenvalue weighted by Crippen LogP contribution is -2.48. The topological polar surface area (TPSA) is 67.9 Å². The van der Waals surface area contributed by atoms with Crippen LogP contribution < -0.4 is 5.32 Å². The van der Waals surface area contributed by atoms with E-state index in [0.717, 1.165) is 29.8 Å². The highest BCUT2D eigenvalue weighted by Gasteiger charge is 2.34. The zero-order valence-electron chi connectivity index (χ0n) is 15.9. The van der Waals surface area contributed by atoms with Gasteiger partial charge in [0.2, 0.25) is 0 Å². The fraction of sp³-hybridized carbons (Fsp3) is 0.526. The van der Waals surface area contributed by atoms with Crippen LogP contribution in [-0.2, 0) is 19.1 Å². The standard InChI is InChI=1S/C19H26N2O4S2/c1-4-25-18(23)16-13(2)21(11-7-5-6-10-15(22)24-3)19(26)20-17(16)14-9-8-12-27-14/h8-9,12,17H,4-7,10-11H2,1-3H3,(H,20,26)/t17-/m0/s1. The van der Waals surface area contributed by atoms with E-state index in [0.29, 0.717) is 30.3 Å². The van der Waals surface area contributed by atoms with Crippen LogP contribution in [-0.4, -0.2) is 42.2 Å². The van der Waals surface area contributed by atoms with Crippen LogP contribution in [0.15, 0.2) is 28.8 Å². The third-order valence-corrected chi connectivity index (χ3v) is 5.69. The first-order chi connectivity index (χ1) is 13.0. The van der Waals surface area contributed by atoms with Gasteiger partial charge in [-0.15, -0.1) is 11.3 Å². The van der Waals surface area contributed by atoms with Crippen molar-refractivity contribution in [3.05, 3.63) is 33.7 Å². The average molecular weight is 411 g/mol. The number of esters is 2. The molecule has 1 aromatic rings. The maximum absolute atomic E-state index is 12.6. The number of thiocarbonyl (C=S) groups is 1. The summed E-state index contributed by atoms with van der Waals surface area (Å²) in [6, 6.07) is 3.66. The number of methoxy groups -OCH3 is 1. The molecule has 1 N–H and O–H groups in total. The monoisotopic (exact) mass is 410 g/mol. The van der Waals surface area contributed by atoms with Gasteiger partial charge in [0.1, 0.15) is 0 Å². The van der Waals surface area contributed by atoms with E-state index in [1.807, 2.05) is 29.3 Å². The molecule has 2 rings (SSSR count). The van der Waals surface area contributed by atoms with Gasteiger partial charge in [0, 0.05) is 23.5 Å². The fourth-order valence-corrected chi connectivity index (χ4v) is 4.14. The van der Waals surface area contributed by atoms with E-state index in [1.165, 1.54) is 7.11 Å². The number of allylic oxidation sites excluding steroid dienone is 1. The van der Waals surface area contributed by atoms with E-state index in [-0.39, 0.29) is 18.0 Å².